The van der Waals surface area contributed by atoms with E-state index >= 15 is 0 Å². The van der Waals surface area contributed by atoms with Gasteiger partial charge in [-0.2, -0.15) is 0 Å². The molecule has 2 heterocycles. The molecule has 5 heteroatoms. The van der Waals surface area contributed by atoms with E-state index in [2.05, 4.69) is 9.97 Å². The summed E-state index contributed by atoms with van der Waals surface area (Å²) >= 11 is 0. The molecule has 0 spiro atoms. The van der Waals surface area contributed by atoms with Crippen molar-refractivity contribution in [2.24, 2.45) is 0 Å². The van der Waals surface area contributed by atoms with Crippen molar-refractivity contribution in [1.82, 2.24) is 14.9 Å². The van der Waals surface area contributed by atoms with E-state index in [-0.39, 0.29) is 11.9 Å². The summed E-state index contributed by atoms with van der Waals surface area (Å²) in [6.07, 6.45) is 5.51. The second kappa shape index (κ2) is 4.69. The molecule has 0 saturated carbocycles. The van der Waals surface area contributed by atoms with Crippen LogP contribution in [0.3, 0.4) is 0 Å². The molecule has 1 atom stereocenters. The first-order valence-corrected chi connectivity index (χ1v) is 5.86. The number of rotatable bonds is 2. The predicted octanol–water partition coefficient (Wildman–Crippen LogP) is 1.23. The smallest absolute Gasteiger partial charge is 0.220 e. The standard InChI is InChI=1S/C12H18N4O/c1-9(17)16-6-4-5-11(16)10-7-13-8-12(14-10)15(2)3/h7-8,11H,4-6H2,1-3H3. The van der Waals surface area contributed by atoms with Crippen LogP contribution in [0.25, 0.3) is 0 Å². The largest absolute Gasteiger partial charge is 0.361 e. The van der Waals surface area contributed by atoms with Crippen LogP contribution in [0.5, 0.6) is 0 Å². The highest BCUT2D eigenvalue weighted by atomic mass is 16.2. The zero-order chi connectivity index (χ0) is 12.4. The van der Waals surface area contributed by atoms with Gasteiger partial charge >= 0.3 is 0 Å². The van der Waals surface area contributed by atoms with E-state index in [9.17, 15) is 4.79 Å². The summed E-state index contributed by atoms with van der Waals surface area (Å²) in [4.78, 5) is 24.1. The van der Waals surface area contributed by atoms with Crippen molar-refractivity contribution in [3.63, 3.8) is 0 Å². The zero-order valence-electron chi connectivity index (χ0n) is 10.6. The van der Waals surface area contributed by atoms with Gasteiger partial charge in [0.15, 0.2) is 0 Å². The van der Waals surface area contributed by atoms with Gasteiger partial charge < -0.3 is 9.80 Å². The molecule has 1 amide bonds. The molecule has 1 saturated heterocycles. The molecule has 1 aliphatic rings. The summed E-state index contributed by atoms with van der Waals surface area (Å²) in [5.74, 6) is 0.947. The second-order valence-electron chi connectivity index (χ2n) is 4.57. The Morgan fingerprint density at radius 1 is 1.47 bits per heavy atom. The van der Waals surface area contributed by atoms with Crippen molar-refractivity contribution in [3.8, 4) is 0 Å². The molecule has 0 radical (unpaired) electrons. The summed E-state index contributed by atoms with van der Waals surface area (Å²) in [6.45, 7) is 2.44. The van der Waals surface area contributed by atoms with Crippen LogP contribution < -0.4 is 4.90 Å². The number of anilines is 1. The van der Waals surface area contributed by atoms with Crippen LogP contribution in [-0.4, -0.2) is 41.4 Å². The number of amides is 1. The van der Waals surface area contributed by atoms with Gasteiger partial charge in [0.1, 0.15) is 5.82 Å². The summed E-state index contributed by atoms with van der Waals surface area (Å²) in [5, 5.41) is 0. The Labute approximate surface area is 101 Å². The van der Waals surface area contributed by atoms with Gasteiger partial charge in [0, 0.05) is 27.6 Å². The minimum atomic E-state index is 0.0971. The minimum absolute atomic E-state index is 0.0971. The van der Waals surface area contributed by atoms with Gasteiger partial charge in [-0.1, -0.05) is 0 Å². The van der Waals surface area contributed by atoms with E-state index in [0.717, 1.165) is 30.9 Å². The Hall–Kier alpha value is -1.65. The third kappa shape index (κ3) is 2.38. The molecule has 17 heavy (non-hydrogen) atoms. The Bertz CT molecular complexity index is 419. The number of hydrogen-bond acceptors (Lipinski definition) is 4. The summed E-state index contributed by atoms with van der Waals surface area (Å²) < 4.78 is 0. The van der Waals surface area contributed by atoms with Gasteiger partial charge in [-0.15, -0.1) is 0 Å². The average molecular weight is 234 g/mol. The molecule has 1 aromatic rings. The van der Waals surface area contributed by atoms with Crippen molar-refractivity contribution in [2.75, 3.05) is 25.5 Å². The van der Waals surface area contributed by atoms with Crippen molar-refractivity contribution in [1.29, 1.82) is 0 Å². The SMILES string of the molecule is CC(=O)N1CCCC1c1cncc(N(C)C)n1. The van der Waals surface area contributed by atoms with E-state index in [1.165, 1.54) is 0 Å². The molecule has 0 aromatic carbocycles. The summed E-state index contributed by atoms with van der Waals surface area (Å²) in [7, 11) is 3.87. The van der Waals surface area contributed by atoms with Crippen LogP contribution in [0.1, 0.15) is 31.5 Å². The van der Waals surface area contributed by atoms with Gasteiger partial charge in [0.25, 0.3) is 0 Å². The first-order valence-electron chi connectivity index (χ1n) is 5.86. The molecule has 1 unspecified atom stereocenters. The van der Waals surface area contributed by atoms with Crippen molar-refractivity contribution < 1.29 is 4.79 Å². The summed E-state index contributed by atoms with van der Waals surface area (Å²) in [5.41, 5.74) is 0.893. The zero-order valence-corrected chi connectivity index (χ0v) is 10.6. The normalized spacial score (nSPS) is 19.5. The molecule has 2 rings (SSSR count). The maximum atomic E-state index is 11.5. The maximum Gasteiger partial charge on any atom is 0.220 e. The monoisotopic (exact) mass is 234 g/mol. The first-order chi connectivity index (χ1) is 8.09. The van der Waals surface area contributed by atoms with Gasteiger partial charge in [0.2, 0.25) is 5.91 Å². The van der Waals surface area contributed by atoms with E-state index in [0.29, 0.717) is 0 Å². The van der Waals surface area contributed by atoms with Gasteiger partial charge in [-0.05, 0) is 12.8 Å². The average Bonchev–Trinajstić information content (AvgIpc) is 2.78. The molecule has 5 nitrogen and oxygen atoms in total. The number of likely N-dealkylation sites (tertiary alicyclic amines) is 1. The van der Waals surface area contributed by atoms with Crippen LogP contribution in [0.4, 0.5) is 5.82 Å². The fourth-order valence-electron chi connectivity index (χ4n) is 2.20. The van der Waals surface area contributed by atoms with E-state index in [1.54, 1.807) is 19.3 Å². The van der Waals surface area contributed by atoms with Crippen LogP contribution in [-0.2, 0) is 4.79 Å². The fraction of sp³-hybridized carbons (Fsp3) is 0.583. The highest BCUT2D eigenvalue weighted by Gasteiger charge is 2.29. The second-order valence-corrected chi connectivity index (χ2v) is 4.57. The van der Waals surface area contributed by atoms with Crippen molar-refractivity contribution in [2.45, 2.75) is 25.8 Å². The molecular formula is C12H18N4O. The van der Waals surface area contributed by atoms with Crippen LogP contribution >= 0.6 is 0 Å². The van der Waals surface area contributed by atoms with Crippen molar-refractivity contribution in [3.05, 3.63) is 18.1 Å². The molecule has 1 aromatic heterocycles. The van der Waals surface area contributed by atoms with Gasteiger partial charge in [-0.25, -0.2) is 4.98 Å². The Morgan fingerprint density at radius 2 is 2.24 bits per heavy atom. The Kier molecular flexibility index (Phi) is 3.26. The van der Waals surface area contributed by atoms with Crippen LogP contribution in [0.2, 0.25) is 0 Å². The van der Waals surface area contributed by atoms with Gasteiger partial charge in [0.05, 0.1) is 24.1 Å². The molecular weight excluding hydrogens is 216 g/mol. The number of aromatic nitrogens is 2. The predicted molar refractivity (Wildman–Crippen MR) is 65.7 cm³/mol. The Balaban J connectivity index is 2.27. The number of carbonyl (C=O) groups is 1. The third-order valence-electron chi connectivity index (χ3n) is 3.10. The topological polar surface area (TPSA) is 49.3 Å². The van der Waals surface area contributed by atoms with E-state index in [1.807, 2.05) is 23.9 Å². The maximum absolute atomic E-state index is 11.5. The fourth-order valence-corrected chi connectivity index (χ4v) is 2.20. The lowest BCUT2D eigenvalue weighted by atomic mass is 10.1. The third-order valence-corrected chi connectivity index (χ3v) is 3.10. The number of nitrogens with zero attached hydrogens (tertiary/aromatic N) is 4. The highest BCUT2D eigenvalue weighted by molar-refractivity contribution is 5.74. The number of hydrogen-bond donors (Lipinski definition) is 0. The van der Waals surface area contributed by atoms with E-state index < -0.39 is 0 Å². The molecule has 0 N–H and O–H groups in total. The quantitative estimate of drug-likeness (QED) is 0.772. The number of carbonyl (C=O) groups excluding carboxylic acids is 1. The molecule has 0 bridgehead atoms. The lowest BCUT2D eigenvalue weighted by Crippen LogP contribution is -2.29. The first kappa shape index (κ1) is 11.8. The lowest BCUT2D eigenvalue weighted by Gasteiger charge is -2.23. The minimum Gasteiger partial charge on any atom is -0.361 e. The molecule has 1 fully saturated rings. The van der Waals surface area contributed by atoms with Gasteiger partial charge in [-0.3, -0.25) is 9.78 Å². The molecule has 1 aliphatic heterocycles. The van der Waals surface area contributed by atoms with E-state index in [4.69, 9.17) is 0 Å². The van der Waals surface area contributed by atoms with Crippen LogP contribution in [0, 0.1) is 0 Å². The van der Waals surface area contributed by atoms with Crippen molar-refractivity contribution >= 4 is 11.7 Å². The lowest BCUT2D eigenvalue weighted by molar-refractivity contribution is -0.129. The molecule has 92 valence electrons. The van der Waals surface area contributed by atoms with Crippen LogP contribution in [0.15, 0.2) is 12.4 Å². The Morgan fingerprint density at radius 3 is 2.88 bits per heavy atom. The summed E-state index contributed by atoms with van der Waals surface area (Å²) in [6, 6.07) is 0.0971. The molecule has 0 aliphatic carbocycles. The highest BCUT2D eigenvalue weighted by Crippen LogP contribution is 2.30.